The van der Waals surface area contributed by atoms with Crippen molar-refractivity contribution in [2.75, 3.05) is 7.05 Å². The molecular weight excluding hydrogens is 148 g/mol. The summed E-state index contributed by atoms with van der Waals surface area (Å²) in [4.78, 5) is 3.98. The van der Waals surface area contributed by atoms with Crippen LogP contribution in [0, 0.1) is 24.3 Å². The third kappa shape index (κ3) is 2.04. The molecule has 0 aliphatic carbocycles. The molecule has 1 heterocycles. The van der Waals surface area contributed by atoms with E-state index in [-0.39, 0.29) is 0 Å². The van der Waals surface area contributed by atoms with E-state index in [1.165, 1.54) is 0 Å². The Morgan fingerprint density at radius 1 is 1.50 bits per heavy atom. The van der Waals surface area contributed by atoms with Gasteiger partial charge in [0, 0.05) is 24.9 Å². The van der Waals surface area contributed by atoms with Crippen LogP contribution < -0.4 is 5.32 Å². The van der Waals surface area contributed by atoms with Gasteiger partial charge in [-0.15, -0.1) is 6.42 Å². The van der Waals surface area contributed by atoms with Crippen molar-refractivity contribution in [1.82, 2.24) is 10.3 Å². The van der Waals surface area contributed by atoms with Crippen LogP contribution >= 0.6 is 0 Å². The number of aromatic nitrogens is 1. The van der Waals surface area contributed by atoms with Gasteiger partial charge in [-0.25, -0.2) is 4.98 Å². The zero-order valence-corrected chi connectivity index (χ0v) is 6.76. The molecule has 0 aromatic carbocycles. The summed E-state index contributed by atoms with van der Waals surface area (Å²) < 4.78 is 0. The minimum absolute atomic E-state index is 0.630. The highest BCUT2D eigenvalue weighted by Crippen LogP contribution is 1.96. The molecule has 0 atom stereocenters. The molecule has 1 rings (SSSR count). The molecule has 0 bridgehead atoms. The molecule has 1 N–H and O–H groups in total. The van der Waals surface area contributed by atoms with Crippen LogP contribution in [0.3, 0.4) is 0 Å². The fraction of sp³-hybridized carbons (Fsp3) is 0.100. The molecule has 0 unspecified atom stereocenters. The number of rotatable bonds is 0. The van der Waals surface area contributed by atoms with E-state index in [2.05, 4.69) is 28.2 Å². The lowest BCUT2D eigenvalue weighted by atomic mass is 10.2. The van der Waals surface area contributed by atoms with Gasteiger partial charge in [-0.1, -0.05) is 5.92 Å². The highest BCUT2D eigenvalue weighted by atomic mass is 14.8. The van der Waals surface area contributed by atoms with Crippen LogP contribution in [0.5, 0.6) is 0 Å². The number of terminal acetylenes is 1. The first-order chi connectivity index (χ1) is 5.86. The molecule has 0 fully saturated rings. The van der Waals surface area contributed by atoms with Crippen LogP contribution in [-0.4, -0.2) is 12.0 Å². The smallest absolute Gasteiger partial charge is 0.112 e. The monoisotopic (exact) mass is 156 g/mol. The summed E-state index contributed by atoms with van der Waals surface area (Å²) >= 11 is 0. The molecule has 2 heteroatoms. The molecular formula is C10H8N2. The average Bonchev–Trinajstić information content (AvgIpc) is 2.15. The Morgan fingerprint density at radius 3 is 2.83 bits per heavy atom. The van der Waals surface area contributed by atoms with E-state index in [0.29, 0.717) is 5.69 Å². The highest BCUT2D eigenvalue weighted by molar-refractivity contribution is 5.35. The van der Waals surface area contributed by atoms with Gasteiger partial charge in [0.1, 0.15) is 5.69 Å². The quantitative estimate of drug-likeness (QED) is 0.439. The third-order valence-corrected chi connectivity index (χ3v) is 1.24. The van der Waals surface area contributed by atoms with Gasteiger partial charge in [0.2, 0.25) is 0 Å². The van der Waals surface area contributed by atoms with E-state index in [0.717, 1.165) is 5.56 Å². The van der Waals surface area contributed by atoms with Gasteiger partial charge in [-0.3, -0.25) is 0 Å². The molecule has 0 spiro atoms. The van der Waals surface area contributed by atoms with Crippen molar-refractivity contribution in [1.29, 1.82) is 0 Å². The van der Waals surface area contributed by atoms with Gasteiger partial charge in [0.15, 0.2) is 0 Å². The van der Waals surface area contributed by atoms with Gasteiger partial charge in [0.25, 0.3) is 0 Å². The van der Waals surface area contributed by atoms with Gasteiger partial charge in [0.05, 0.1) is 0 Å². The third-order valence-electron chi connectivity index (χ3n) is 1.24. The summed E-state index contributed by atoms with van der Waals surface area (Å²) in [5, 5.41) is 2.72. The number of hydrogen-bond donors (Lipinski definition) is 1. The van der Waals surface area contributed by atoms with Gasteiger partial charge in [-0.05, 0) is 18.1 Å². The molecule has 1 aromatic heterocycles. The average molecular weight is 156 g/mol. The zero-order valence-electron chi connectivity index (χ0n) is 6.76. The standard InChI is InChI=1S/C10H8N2/c1-3-10-5-4-9(8-12-10)6-7-11-2/h1,4-5,8,11H,2H3. The molecule has 1 aromatic rings. The first-order valence-corrected chi connectivity index (χ1v) is 3.47. The van der Waals surface area contributed by atoms with E-state index in [9.17, 15) is 0 Å². The van der Waals surface area contributed by atoms with Crippen LogP contribution in [0.4, 0.5) is 0 Å². The maximum absolute atomic E-state index is 5.14. The second-order valence-corrected chi connectivity index (χ2v) is 2.08. The molecule has 0 saturated carbocycles. The largest absolute Gasteiger partial charge is 0.349 e. The van der Waals surface area contributed by atoms with E-state index in [4.69, 9.17) is 6.42 Å². The lowest BCUT2D eigenvalue weighted by Gasteiger charge is -1.89. The van der Waals surface area contributed by atoms with Gasteiger partial charge in [-0.2, -0.15) is 0 Å². The zero-order chi connectivity index (χ0) is 8.81. The molecule has 2 nitrogen and oxygen atoms in total. The minimum Gasteiger partial charge on any atom is -0.349 e. The van der Waals surface area contributed by atoms with Crippen LogP contribution in [0.2, 0.25) is 0 Å². The van der Waals surface area contributed by atoms with Crippen LogP contribution in [0.25, 0.3) is 0 Å². The lowest BCUT2D eigenvalue weighted by Crippen LogP contribution is -1.92. The van der Waals surface area contributed by atoms with E-state index >= 15 is 0 Å². The van der Waals surface area contributed by atoms with Crippen molar-refractivity contribution in [2.45, 2.75) is 0 Å². The fourth-order valence-corrected chi connectivity index (χ4v) is 0.688. The Labute approximate surface area is 72.0 Å². The molecule has 0 amide bonds. The number of nitrogens with zero attached hydrogens (tertiary/aromatic N) is 1. The van der Waals surface area contributed by atoms with Crippen LogP contribution in [0.15, 0.2) is 18.3 Å². The summed E-state index contributed by atoms with van der Waals surface area (Å²) in [6.45, 7) is 0. The molecule has 0 saturated heterocycles. The molecule has 0 radical (unpaired) electrons. The van der Waals surface area contributed by atoms with E-state index in [1.54, 1.807) is 19.3 Å². The van der Waals surface area contributed by atoms with Crippen molar-refractivity contribution >= 4 is 0 Å². The molecule has 0 aliphatic rings. The van der Waals surface area contributed by atoms with Crippen molar-refractivity contribution in [3.05, 3.63) is 29.6 Å². The van der Waals surface area contributed by atoms with Crippen molar-refractivity contribution in [3.63, 3.8) is 0 Å². The lowest BCUT2D eigenvalue weighted by molar-refractivity contribution is 1.16. The molecule has 12 heavy (non-hydrogen) atoms. The SMILES string of the molecule is C#Cc1ccc(C#CNC)cn1. The number of nitrogens with one attached hydrogen (secondary N) is 1. The van der Waals surface area contributed by atoms with E-state index < -0.39 is 0 Å². The summed E-state index contributed by atoms with van der Waals surface area (Å²) in [5.41, 5.74) is 1.48. The van der Waals surface area contributed by atoms with Crippen molar-refractivity contribution < 1.29 is 0 Å². The Balaban J connectivity index is 2.87. The predicted molar refractivity (Wildman–Crippen MR) is 48.1 cm³/mol. The summed E-state index contributed by atoms with van der Waals surface area (Å²) in [5.74, 6) is 5.29. The summed E-state index contributed by atoms with van der Waals surface area (Å²) in [7, 11) is 1.76. The Morgan fingerprint density at radius 2 is 2.33 bits per heavy atom. The van der Waals surface area contributed by atoms with Crippen LogP contribution in [0.1, 0.15) is 11.3 Å². The van der Waals surface area contributed by atoms with Crippen LogP contribution in [-0.2, 0) is 0 Å². The molecule has 58 valence electrons. The normalized spacial score (nSPS) is 7.67. The second-order valence-electron chi connectivity index (χ2n) is 2.08. The van der Waals surface area contributed by atoms with E-state index in [1.807, 2.05) is 6.07 Å². The number of pyridine rings is 1. The topological polar surface area (TPSA) is 24.9 Å². The first kappa shape index (κ1) is 8.17. The first-order valence-electron chi connectivity index (χ1n) is 3.47. The van der Waals surface area contributed by atoms with Gasteiger partial charge >= 0.3 is 0 Å². The summed E-state index contributed by atoms with van der Waals surface area (Å²) in [6.07, 6.45) is 6.79. The highest BCUT2D eigenvalue weighted by Gasteiger charge is 1.87. The predicted octanol–water partition coefficient (Wildman–Crippen LogP) is 0.591. The maximum atomic E-state index is 5.14. The fourth-order valence-electron chi connectivity index (χ4n) is 0.688. The molecule has 0 aliphatic heterocycles. The second kappa shape index (κ2) is 4.05. The minimum atomic E-state index is 0.630. The van der Waals surface area contributed by atoms with Crippen molar-refractivity contribution in [3.8, 4) is 24.3 Å². The van der Waals surface area contributed by atoms with Gasteiger partial charge < -0.3 is 5.32 Å². The Kier molecular flexibility index (Phi) is 2.76. The Hall–Kier alpha value is -1.93. The Bertz CT molecular complexity index is 346. The maximum Gasteiger partial charge on any atom is 0.112 e. The number of hydrogen-bond acceptors (Lipinski definition) is 2. The van der Waals surface area contributed by atoms with Crippen molar-refractivity contribution in [2.24, 2.45) is 0 Å². The summed E-state index contributed by atoms with van der Waals surface area (Å²) in [6, 6.07) is 6.31.